The van der Waals surface area contributed by atoms with E-state index >= 15 is 0 Å². The van der Waals surface area contributed by atoms with Gasteiger partial charge in [-0.05, 0) is 32.6 Å². The van der Waals surface area contributed by atoms with Crippen molar-refractivity contribution in [3.8, 4) is 0 Å². The summed E-state index contributed by atoms with van der Waals surface area (Å²) in [5.74, 6) is -0.222. The van der Waals surface area contributed by atoms with Gasteiger partial charge >= 0.3 is 5.97 Å². The van der Waals surface area contributed by atoms with E-state index in [9.17, 15) is 14.7 Å². The molecule has 1 aliphatic carbocycles. The van der Waals surface area contributed by atoms with Crippen LogP contribution in [0.15, 0.2) is 0 Å². The summed E-state index contributed by atoms with van der Waals surface area (Å²) in [5.41, 5.74) is 0. The van der Waals surface area contributed by atoms with Crippen molar-refractivity contribution in [3.05, 3.63) is 0 Å². The Balaban J connectivity index is 2.21. The van der Waals surface area contributed by atoms with Crippen molar-refractivity contribution in [2.45, 2.75) is 45.3 Å². The Bertz CT molecular complexity index is 313. The van der Waals surface area contributed by atoms with Gasteiger partial charge in [0.25, 0.3) is 0 Å². The molecule has 6 nitrogen and oxygen atoms in total. The Hall–Kier alpha value is -1.14. The number of amides is 1. The highest BCUT2D eigenvalue weighted by molar-refractivity contribution is 5.79. The Morgan fingerprint density at radius 3 is 2.50 bits per heavy atom. The maximum atomic E-state index is 11.9. The van der Waals surface area contributed by atoms with E-state index in [1.807, 2.05) is 0 Å². The van der Waals surface area contributed by atoms with Gasteiger partial charge in [-0.25, -0.2) is 0 Å². The standard InChI is InChI=1S/C14H25NO5/c1-3-20-12(16)8-9-15-13(17)10-4-6-11(7-5-10)14(18)19-2/h10-11,14,18H,3-9H2,1-2H3,(H,15,17). The van der Waals surface area contributed by atoms with Crippen LogP contribution < -0.4 is 5.32 Å². The van der Waals surface area contributed by atoms with Crippen LogP contribution in [0.3, 0.4) is 0 Å². The second-order valence-corrected chi connectivity index (χ2v) is 5.08. The molecule has 2 N–H and O–H groups in total. The van der Waals surface area contributed by atoms with Crippen LogP contribution in [-0.4, -0.2) is 43.5 Å². The van der Waals surface area contributed by atoms with E-state index in [-0.39, 0.29) is 30.1 Å². The van der Waals surface area contributed by atoms with Crippen LogP contribution >= 0.6 is 0 Å². The predicted octanol–water partition coefficient (Wildman–Crippen LogP) is 0.827. The van der Waals surface area contributed by atoms with Gasteiger partial charge in [-0.15, -0.1) is 0 Å². The number of carbonyl (C=O) groups excluding carboxylic acids is 2. The second kappa shape index (κ2) is 8.92. The third kappa shape index (κ3) is 5.46. The number of ether oxygens (including phenoxy) is 2. The molecule has 1 unspecified atom stereocenters. The van der Waals surface area contributed by atoms with Gasteiger partial charge in [0.1, 0.15) is 0 Å². The van der Waals surface area contributed by atoms with Crippen LogP contribution in [0.1, 0.15) is 39.0 Å². The number of nitrogens with one attached hydrogen (secondary N) is 1. The van der Waals surface area contributed by atoms with Crippen molar-refractivity contribution in [2.24, 2.45) is 11.8 Å². The van der Waals surface area contributed by atoms with Crippen LogP contribution in [-0.2, 0) is 19.1 Å². The molecular weight excluding hydrogens is 262 g/mol. The van der Waals surface area contributed by atoms with Crippen LogP contribution in [0.5, 0.6) is 0 Å². The molecular formula is C14H25NO5. The van der Waals surface area contributed by atoms with E-state index in [1.54, 1.807) is 6.92 Å². The first-order chi connectivity index (χ1) is 9.58. The molecule has 1 aliphatic rings. The molecule has 1 saturated carbocycles. The van der Waals surface area contributed by atoms with Crippen molar-refractivity contribution in [1.82, 2.24) is 5.32 Å². The van der Waals surface area contributed by atoms with Gasteiger partial charge in [-0.1, -0.05) is 0 Å². The molecule has 0 saturated heterocycles. The summed E-state index contributed by atoms with van der Waals surface area (Å²) in [6.45, 7) is 2.43. The highest BCUT2D eigenvalue weighted by Gasteiger charge is 2.29. The van der Waals surface area contributed by atoms with E-state index in [0.717, 1.165) is 25.7 Å². The minimum Gasteiger partial charge on any atom is -0.466 e. The fourth-order valence-electron chi connectivity index (χ4n) is 2.52. The first-order valence-corrected chi connectivity index (χ1v) is 7.22. The number of hydrogen-bond donors (Lipinski definition) is 2. The quantitative estimate of drug-likeness (QED) is 0.535. The lowest BCUT2D eigenvalue weighted by Crippen LogP contribution is -2.36. The number of methoxy groups -OCH3 is 1. The van der Waals surface area contributed by atoms with E-state index in [2.05, 4.69) is 5.32 Å². The molecule has 1 fully saturated rings. The summed E-state index contributed by atoms with van der Waals surface area (Å²) in [6, 6.07) is 0. The fourth-order valence-corrected chi connectivity index (χ4v) is 2.52. The summed E-state index contributed by atoms with van der Waals surface area (Å²) >= 11 is 0. The molecule has 1 rings (SSSR count). The molecule has 0 spiro atoms. The van der Waals surface area contributed by atoms with Crippen molar-refractivity contribution in [3.63, 3.8) is 0 Å². The minimum absolute atomic E-state index is 0.0142. The molecule has 1 amide bonds. The Kier molecular flexibility index (Phi) is 7.54. The van der Waals surface area contributed by atoms with E-state index in [0.29, 0.717) is 13.2 Å². The molecule has 0 radical (unpaired) electrons. The average Bonchev–Trinajstić information content (AvgIpc) is 2.46. The highest BCUT2D eigenvalue weighted by Crippen LogP contribution is 2.31. The lowest BCUT2D eigenvalue weighted by molar-refractivity contribution is -0.143. The van der Waals surface area contributed by atoms with Crippen LogP contribution in [0, 0.1) is 11.8 Å². The monoisotopic (exact) mass is 287 g/mol. The van der Waals surface area contributed by atoms with Gasteiger partial charge in [-0.3, -0.25) is 9.59 Å². The summed E-state index contributed by atoms with van der Waals surface area (Å²) in [4.78, 5) is 23.1. The van der Waals surface area contributed by atoms with Crippen molar-refractivity contribution in [2.75, 3.05) is 20.3 Å². The topological polar surface area (TPSA) is 84.9 Å². The summed E-state index contributed by atoms with van der Waals surface area (Å²) in [7, 11) is 1.48. The molecule has 116 valence electrons. The van der Waals surface area contributed by atoms with Crippen molar-refractivity contribution < 1.29 is 24.2 Å². The molecule has 0 aromatic carbocycles. The zero-order valence-corrected chi connectivity index (χ0v) is 12.3. The van der Waals surface area contributed by atoms with Gasteiger partial charge in [0.15, 0.2) is 6.29 Å². The average molecular weight is 287 g/mol. The van der Waals surface area contributed by atoms with E-state index in [1.165, 1.54) is 7.11 Å². The van der Waals surface area contributed by atoms with Gasteiger partial charge < -0.3 is 19.9 Å². The molecule has 0 heterocycles. The Labute approximate surface area is 119 Å². The first kappa shape index (κ1) is 16.9. The molecule has 0 aromatic heterocycles. The number of aliphatic hydroxyl groups is 1. The van der Waals surface area contributed by atoms with Crippen LogP contribution in [0.4, 0.5) is 0 Å². The maximum Gasteiger partial charge on any atom is 0.307 e. The van der Waals surface area contributed by atoms with Gasteiger partial charge in [0, 0.05) is 25.5 Å². The Morgan fingerprint density at radius 1 is 1.30 bits per heavy atom. The summed E-state index contributed by atoms with van der Waals surface area (Å²) < 4.78 is 9.69. The summed E-state index contributed by atoms with van der Waals surface area (Å²) in [6.07, 6.45) is 2.53. The van der Waals surface area contributed by atoms with E-state index in [4.69, 9.17) is 9.47 Å². The fraction of sp³-hybridized carbons (Fsp3) is 0.857. The third-order valence-corrected chi connectivity index (χ3v) is 3.72. The van der Waals surface area contributed by atoms with Crippen LogP contribution in [0.25, 0.3) is 0 Å². The highest BCUT2D eigenvalue weighted by atomic mass is 16.6. The minimum atomic E-state index is -0.733. The predicted molar refractivity (Wildman–Crippen MR) is 72.7 cm³/mol. The van der Waals surface area contributed by atoms with Crippen molar-refractivity contribution >= 4 is 11.9 Å². The smallest absolute Gasteiger partial charge is 0.307 e. The lowest BCUT2D eigenvalue weighted by Gasteiger charge is -2.29. The van der Waals surface area contributed by atoms with Gasteiger partial charge in [0.2, 0.25) is 5.91 Å². The second-order valence-electron chi connectivity index (χ2n) is 5.08. The molecule has 1 atom stereocenters. The third-order valence-electron chi connectivity index (χ3n) is 3.72. The first-order valence-electron chi connectivity index (χ1n) is 7.22. The molecule has 0 aliphatic heterocycles. The molecule has 0 bridgehead atoms. The number of rotatable bonds is 7. The number of aliphatic hydroxyl groups excluding tert-OH is 1. The van der Waals surface area contributed by atoms with Gasteiger partial charge in [-0.2, -0.15) is 0 Å². The number of hydrogen-bond acceptors (Lipinski definition) is 5. The largest absolute Gasteiger partial charge is 0.466 e. The number of esters is 1. The zero-order chi connectivity index (χ0) is 15.0. The summed E-state index contributed by atoms with van der Waals surface area (Å²) in [5, 5.41) is 12.4. The Morgan fingerprint density at radius 2 is 1.95 bits per heavy atom. The molecule has 6 heteroatoms. The lowest BCUT2D eigenvalue weighted by atomic mass is 9.81. The van der Waals surface area contributed by atoms with Gasteiger partial charge in [0.05, 0.1) is 13.0 Å². The van der Waals surface area contributed by atoms with E-state index < -0.39 is 6.29 Å². The normalized spacial score (nSPS) is 23.9. The SMILES string of the molecule is CCOC(=O)CCNC(=O)C1CCC(C(O)OC)CC1. The zero-order valence-electron chi connectivity index (χ0n) is 12.3. The van der Waals surface area contributed by atoms with Crippen LogP contribution in [0.2, 0.25) is 0 Å². The maximum absolute atomic E-state index is 11.9. The van der Waals surface area contributed by atoms with Crippen molar-refractivity contribution in [1.29, 1.82) is 0 Å². The molecule has 20 heavy (non-hydrogen) atoms. The number of carbonyl (C=O) groups is 2. The molecule has 0 aromatic rings.